The number of carbonyl (C=O) groups excluding carboxylic acids is 1. The number of rotatable bonds is 6. The molecule has 0 bridgehead atoms. The van der Waals surface area contributed by atoms with Crippen molar-refractivity contribution in [3.63, 3.8) is 0 Å². The van der Waals surface area contributed by atoms with E-state index < -0.39 is 0 Å². The van der Waals surface area contributed by atoms with Crippen molar-refractivity contribution in [2.45, 2.75) is 17.3 Å². The topological polar surface area (TPSA) is 41.4 Å². The lowest BCUT2D eigenvalue weighted by molar-refractivity contribution is -0.132. The Labute approximate surface area is 196 Å². The number of piperazine rings is 1. The summed E-state index contributed by atoms with van der Waals surface area (Å²) in [6.07, 6.45) is 3.77. The number of carbonyl (C=O) groups is 1. The molecular weight excluding hydrogens is 435 g/mol. The lowest BCUT2D eigenvalue weighted by atomic mass is 10.2. The summed E-state index contributed by atoms with van der Waals surface area (Å²) in [5.41, 5.74) is 2.87. The molecule has 0 unspecified atom stereocenters. The van der Waals surface area contributed by atoms with Crippen LogP contribution in [0.3, 0.4) is 0 Å². The predicted octanol–water partition coefficient (Wildman–Crippen LogP) is 4.82. The van der Waals surface area contributed by atoms with Gasteiger partial charge in [-0.05, 0) is 29.8 Å². The number of halogens is 1. The highest BCUT2D eigenvalue weighted by Crippen LogP contribution is 2.29. The van der Waals surface area contributed by atoms with E-state index in [1.54, 1.807) is 23.9 Å². The lowest BCUT2D eigenvalue weighted by Gasteiger charge is -2.36. The maximum atomic E-state index is 14.1. The molecule has 7 heteroatoms. The monoisotopic (exact) mass is 460 g/mol. The maximum Gasteiger partial charge on any atom is 0.242 e. The Kier molecular flexibility index (Phi) is 6.30. The van der Waals surface area contributed by atoms with Gasteiger partial charge in [0.2, 0.25) is 5.91 Å². The Morgan fingerprint density at radius 2 is 1.70 bits per heavy atom. The van der Waals surface area contributed by atoms with Crippen molar-refractivity contribution in [3.8, 4) is 0 Å². The van der Waals surface area contributed by atoms with Gasteiger partial charge in [0.25, 0.3) is 0 Å². The predicted molar refractivity (Wildman–Crippen MR) is 131 cm³/mol. The maximum absolute atomic E-state index is 14.1. The zero-order chi connectivity index (χ0) is 22.6. The fourth-order valence-electron chi connectivity index (χ4n) is 4.23. The highest BCUT2D eigenvalue weighted by atomic mass is 32.2. The second-order valence-electron chi connectivity index (χ2n) is 8.09. The SMILES string of the molecule is O=C(Cn1ccc2c(SCc3ccccc3)nccc21)N1CCN(c2ccccc2F)CC1. The van der Waals surface area contributed by atoms with Crippen LogP contribution in [0.2, 0.25) is 0 Å². The highest BCUT2D eigenvalue weighted by molar-refractivity contribution is 7.98. The molecule has 1 fully saturated rings. The Morgan fingerprint density at radius 1 is 0.939 bits per heavy atom. The number of amides is 1. The third kappa shape index (κ3) is 4.73. The number of fused-ring (bicyclic) bond motifs is 1. The van der Waals surface area contributed by atoms with E-state index in [1.807, 2.05) is 63.2 Å². The molecule has 1 saturated heterocycles. The molecule has 1 aliphatic heterocycles. The van der Waals surface area contributed by atoms with Crippen LogP contribution < -0.4 is 4.90 Å². The first kappa shape index (κ1) is 21.5. The summed E-state index contributed by atoms with van der Waals surface area (Å²) in [5, 5.41) is 2.04. The quantitative estimate of drug-likeness (QED) is 0.387. The van der Waals surface area contributed by atoms with Crippen molar-refractivity contribution >= 4 is 34.3 Å². The molecule has 0 aliphatic carbocycles. The molecule has 2 aromatic carbocycles. The average molecular weight is 461 g/mol. The zero-order valence-corrected chi connectivity index (χ0v) is 19.0. The van der Waals surface area contributed by atoms with Crippen LogP contribution in [0.5, 0.6) is 0 Å². The van der Waals surface area contributed by atoms with Crippen molar-refractivity contribution < 1.29 is 9.18 Å². The minimum absolute atomic E-state index is 0.0796. The van der Waals surface area contributed by atoms with E-state index in [9.17, 15) is 9.18 Å². The first-order valence-electron chi connectivity index (χ1n) is 11.1. The minimum Gasteiger partial charge on any atom is -0.366 e. The van der Waals surface area contributed by atoms with E-state index in [-0.39, 0.29) is 18.3 Å². The van der Waals surface area contributed by atoms with E-state index >= 15 is 0 Å². The van der Waals surface area contributed by atoms with Crippen molar-refractivity contribution in [1.29, 1.82) is 0 Å². The summed E-state index contributed by atoms with van der Waals surface area (Å²) in [7, 11) is 0. The van der Waals surface area contributed by atoms with E-state index in [1.165, 1.54) is 11.6 Å². The summed E-state index contributed by atoms with van der Waals surface area (Å²) < 4.78 is 16.1. The van der Waals surface area contributed by atoms with Crippen molar-refractivity contribution in [2.24, 2.45) is 0 Å². The second kappa shape index (κ2) is 9.67. The number of hydrogen-bond donors (Lipinski definition) is 0. The zero-order valence-electron chi connectivity index (χ0n) is 18.2. The van der Waals surface area contributed by atoms with E-state index in [2.05, 4.69) is 17.1 Å². The number of benzene rings is 2. The molecule has 0 spiro atoms. The van der Waals surface area contributed by atoms with Crippen LogP contribution in [-0.2, 0) is 17.1 Å². The molecular formula is C26H25FN4OS. The third-order valence-corrected chi connectivity index (χ3v) is 7.09. The number of para-hydroxylation sites is 1. The minimum atomic E-state index is -0.217. The van der Waals surface area contributed by atoms with Crippen LogP contribution in [0.4, 0.5) is 10.1 Å². The fourth-order valence-corrected chi connectivity index (χ4v) is 5.19. The van der Waals surface area contributed by atoms with E-state index in [4.69, 9.17) is 0 Å². The molecule has 0 atom stereocenters. The van der Waals surface area contributed by atoms with Crippen molar-refractivity contribution in [2.75, 3.05) is 31.1 Å². The lowest BCUT2D eigenvalue weighted by Crippen LogP contribution is -2.49. The average Bonchev–Trinajstić information content (AvgIpc) is 3.27. The molecule has 1 amide bonds. The molecule has 3 heterocycles. The number of aromatic nitrogens is 2. The van der Waals surface area contributed by atoms with Gasteiger partial charge < -0.3 is 14.4 Å². The van der Waals surface area contributed by atoms with Gasteiger partial charge in [0.1, 0.15) is 17.4 Å². The molecule has 33 heavy (non-hydrogen) atoms. The van der Waals surface area contributed by atoms with Gasteiger partial charge in [0, 0.05) is 49.7 Å². The molecule has 5 nitrogen and oxygen atoms in total. The first-order valence-corrected chi connectivity index (χ1v) is 12.1. The molecule has 2 aromatic heterocycles. The third-order valence-electron chi connectivity index (χ3n) is 6.01. The smallest absolute Gasteiger partial charge is 0.242 e. The summed E-state index contributed by atoms with van der Waals surface area (Å²) >= 11 is 1.71. The summed E-state index contributed by atoms with van der Waals surface area (Å²) in [6, 6.07) is 21.1. The molecule has 5 rings (SSSR count). The van der Waals surface area contributed by atoms with Crippen molar-refractivity contribution in [3.05, 3.63) is 90.5 Å². The van der Waals surface area contributed by atoms with Gasteiger partial charge in [0.05, 0.1) is 11.2 Å². The Hall–Kier alpha value is -3.32. The number of nitrogens with zero attached hydrogens (tertiary/aromatic N) is 4. The van der Waals surface area contributed by atoms with Crippen LogP contribution in [-0.4, -0.2) is 46.5 Å². The molecule has 0 saturated carbocycles. The normalized spacial score (nSPS) is 14.1. The van der Waals surface area contributed by atoms with Crippen LogP contribution >= 0.6 is 11.8 Å². The highest BCUT2D eigenvalue weighted by Gasteiger charge is 2.23. The van der Waals surface area contributed by atoms with Crippen molar-refractivity contribution in [1.82, 2.24) is 14.5 Å². The molecule has 0 N–H and O–H groups in total. The number of hydrogen-bond acceptors (Lipinski definition) is 4. The first-order chi connectivity index (χ1) is 16.2. The number of pyridine rings is 1. The van der Waals surface area contributed by atoms with Gasteiger partial charge in [-0.15, -0.1) is 11.8 Å². The summed E-state index contributed by atoms with van der Waals surface area (Å²) in [5.74, 6) is 0.713. The molecule has 0 radical (unpaired) electrons. The molecule has 1 aliphatic rings. The molecule has 4 aromatic rings. The van der Waals surface area contributed by atoms with Gasteiger partial charge in [-0.25, -0.2) is 9.37 Å². The van der Waals surface area contributed by atoms with Gasteiger partial charge >= 0.3 is 0 Å². The fraction of sp³-hybridized carbons (Fsp3) is 0.231. The van der Waals surface area contributed by atoms with Gasteiger partial charge in [-0.2, -0.15) is 0 Å². The molecule has 168 valence electrons. The van der Waals surface area contributed by atoms with Gasteiger partial charge in [-0.1, -0.05) is 42.5 Å². The van der Waals surface area contributed by atoms with Gasteiger partial charge in [0.15, 0.2) is 0 Å². The van der Waals surface area contributed by atoms with Gasteiger partial charge in [-0.3, -0.25) is 4.79 Å². The van der Waals surface area contributed by atoms with Crippen LogP contribution in [0.25, 0.3) is 10.9 Å². The van der Waals surface area contributed by atoms with Crippen LogP contribution in [0.15, 0.2) is 84.1 Å². The largest absolute Gasteiger partial charge is 0.366 e. The number of thioether (sulfide) groups is 1. The Balaban J connectivity index is 1.23. The second-order valence-corrected chi connectivity index (χ2v) is 9.05. The standard InChI is InChI=1S/C26H25FN4OS/c27-22-8-4-5-9-24(22)29-14-16-30(17-15-29)25(32)18-31-13-11-21-23(31)10-12-28-26(21)33-19-20-6-2-1-3-7-20/h1-13H,14-19H2. The summed E-state index contributed by atoms with van der Waals surface area (Å²) in [6.45, 7) is 2.72. The Bertz CT molecular complexity index is 1250. The Morgan fingerprint density at radius 3 is 2.48 bits per heavy atom. The summed E-state index contributed by atoms with van der Waals surface area (Å²) in [4.78, 5) is 21.4. The number of anilines is 1. The van der Waals surface area contributed by atoms with Crippen LogP contribution in [0, 0.1) is 5.82 Å². The van der Waals surface area contributed by atoms with Crippen LogP contribution in [0.1, 0.15) is 5.56 Å². The van der Waals surface area contributed by atoms with E-state index in [0.29, 0.717) is 31.9 Å². The van der Waals surface area contributed by atoms with E-state index in [0.717, 1.165) is 21.7 Å².